The molecule has 0 atom stereocenters. The maximum Gasteiger partial charge on any atom is 0.241 e. The maximum atomic E-state index is 12.0. The number of piperidine rings is 1. The third-order valence-electron chi connectivity index (χ3n) is 2.12. The lowest BCUT2D eigenvalue weighted by Gasteiger charge is -2.28. The van der Waals surface area contributed by atoms with Crippen molar-refractivity contribution >= 4 is 0 Å². The first-order valence-corrected chi connectivity index (χ1v) is 3.67. The molecule has 1 saturated heterocycles. The zero-order chi connectivity index (χ0) is 7.56. The molecule has 0 amide bonds. The van der Waals surface area contributed by atoms with Gasteiger partial charge in [-0.1, -0.05) is 0 Å². The summed E-state index contributed by atoms with van der Waals surface area (Å²) in [5.74, 6) is -0.337. The molecule has 0 radical (unpaired) electrons. The van der Waals surface area contributed by atoms with E-state index in [4.69, 9.17) is 0 Å². The van der Waals surface area contributed by atoms with E-state index < -0.39 is 6.43 Å². The van der Waals surface area contributed by atoms with Gasteiger partial charge in [-0.15, -0.1) is 0 Å². The van der Waals surface area contributed by atoms with E-state index in [1.807, 2.05) is 7.05 Å². The Labute approximate surface area is 60.0 Å². The summed E-state index contributed by atoms with van der Waals surface area (Å²) >= 11 is 0. The summed E-state index contributed by atoms with van der Waals surface area (Å²) in [6.45, 7) is 1.66. The van der Waals surface area contributed by atoms with Crippen LogP contribution in [-0.2, 0) is 0 Å². The Morgan fingerprint density at radius 1 is 1.30 bits per heavy atom. The second-order valence-electron chi connectivity index (χ2n) is 2.98. The van der Waals surface area contributed by atoms with Crippen LogP contribution in [0.25, 0.3) is 0 Å². The monoisotopic (exact) mass is 149 g/mol. The Hall–Kier alpha value is -0.180. The Balaban J connectivity index is 2.26. The predicted octanol–water partition coefficient (Wildman–Crippen LogP) is 1.59. The van der Waals surface area contributed by atoms with E-state index in [9.17, 15) is 8.78 Å². The molecule has 0 aromatic heterocycles. The minimum atomic E-state index is -2.10. The van der Waals surface area contributed by atoms with Crippen molar-refractivity contribution in [1.82, 2.24) is 4.90 Å². The summed E-state index contributed by atoms with van der Waals surface area (Å²) in [5, 5.41) is 0. The van der Waals surface area contributed by atoms with Gasteiger partial charge in [0.25, 0.3) is 0 Å². The van der Waals surface area contributed by atoms with Gasteiger partial charge in [-0.05, 0) is 33.0 Å². The van der Waals surface area contributed by atoms with Gasteiger partial charge in [0.1, 0.15) is 0 Å². The van der Waals surface area contributed by atoms with Crippen molar-refractivity contribution < 1.29 is 8.78 Å². The fourth-order valence-corrected chi connectivity index (χ4v) is 1.28. The third-order valence-corrected chi connectivity index (χ3v) is 2.12. The van der Waals surface area contributed by atoms with Crippen molar-refractivity contribution in [3.8, 4) is 0 Å². The summed E-state index contributed by atoms with van der Waals surface area (Å²) in [4.78, 5) is 2.10. The van der Waals surface area contributed by atoms with E-state index in [1.54, 1.807) is 0 Å². The summed E-state index contributed by atoms with van der Waals surface area (Å²) in [7, 11) is 1.97. The SMILES string of the molecule is CN1CCC(C(F)F)CC1. The second-order valence-corrected chi connectivity index (χ2v) is 2.98. The molecule has 0 spiro atoms. The summed E-state index contributed by atoms with van der Waals surface area (Å²) in [5.41, 5.74) is 0. The molecule has 1 nitrogen and oxygen atoms in total. The Morgan fingerprint density at radius 2 is 1.80 bits per heavy atom. The van der Waals surface area contributed by atoms with Gasteiger partial charge in [0.15, 0.2) is 0 Å². The highest BCUT2D eigenvalue weighted by Crippen LogP contribution is 2.22. The van der Waals surface area contributed by atoms with Gasteiger partial charge in [0.2, 0.25) is 6.43 Å². The first-order chi connectivity index (χ1) is 4.70. The van der Waals surface area contributed by atoms with Crippen LogP contribution >= 0.6 is 0 Å². The van der Waals surface area contributed by atoms with E-state index >= 15 is 0 Å². The van der Waals surface area contributed by atoms with Crippen LogP contribution in [-0.4, -0.2) is 31.5 Å². The van der Waals surface area contributed by atoms with Gasteiger partial charge < -0.3 is 4.90 Å². The zero-order valence-electron chi connectivity index (χ0n) is 6.19. The molecule has 0 N–H and O–H groups in total. The molecule has 3 heteroatoms. The maximum absolute atomic E-state index is 12.0. The normalized spacial score (nSPS) is 24.0. The molecule has 60 valence electrons. The van der Waals surface area contributed by atoms with Gasteiger partial charge in [-0.25, -0.2) is 8.78 Å². The number of hydrogen-bond donors (Lipinski definition) is 0. The number of rotatable bonds is 1. The average Bonchev–Trinajstić information content (AvgIpc) is 1.88. The van der Waals surface area contributed by atoms with E-state index in [1.165, 1.54) is 0 Å². The molecule has 0 aromatic rings. The minimum absolute atomic E-state index is 0.337. The van der Waals surface area contributed by atoms with Gasteiger partial charge in [-0.3, -0.25) is 0 Å². The number of alkyl halides is 2. The van der Waals surface area contributed by atoms with Crippen molar-refractivity contribution in [2.45, 2.75) is 19.3 Å². The fraction of sp³-hybridized carbons (Fsp3) is 1.00. The summed E-state index contributed by atoms with van der Waals surface area (Å²) in [6.07, 6.45) is -0.781. The van der Waals surface area contributed by atoms with Crippen LogP contribution in [0.1, 0.15) is 12.8 Å². The van der Waals surface area contributed by atoms with E-state index in [0.717, 1.165) is 13.1 Å². The Kier molecular flexibility index (Phi) is 2.60. The van der Waals surface area contributed by atoms with Crippen molar-refractivity contribution in [1.29, 1.82) is 0 Å². The number of halogens is 2. The smallest absolute Gasteiger partial charge is 0.241 e. The summed E-state index contributed by atoms with van der Waals surface area (Å²) < 4.78 is 24.1. The Bertz CT molecular complexity index is 97.8. The van der Waals surface area contributed by atoms with Crippen LogP contribution in [0.15, 0.2) is 0 Å². The standard InChI is InChI=1S/C7H13F2N/c1-10-4-2-6(3-5-10)7(8)9/h6-7H,2-5H2,1H3. The third kappa shape index (κ3) is 1.90. The molecule has 0 aromatic carbocycles. The molecule has 1 aliphatic heterocycles. The average molecular weight is 149 g/mol. The van der Waals surface area contributed by atoms with Crippen LogP contribution < -0.4 is 0 Å². The molecule has 1 heterocycles. The van der Waals surface area contributed by atoms with Gasteiger partial charge in [0.05, 0.1) is 0 Å². The molecule has 0 aliphatic carbocycles. The van der Waals surface area contributed by atoms with Crippen molar-refractivity contribution in [2.75, 3.05) is 20.1 Å². The quantitative estimate of drug-likeness (QED) is 0.547. The van der Waals surface area contributed by atoms with Crippen LogP contribution in [0, 0.1) is 5.92 Å². The van der Waals surface area contributed by atoms with E-state index in [2.05, 4.69) is 4.90 Å². The highest BCUT2D eigenvalue weighted by molar-refractivity contribution is 4.71. The van der Waals surface area contributed by atoms with Crippen LogP contribution in [0.5, 0.6) is 0 Å². The topological polar surface area (TPSA) is 3.24 Å². The predicted molar refractivity (Wildman–Crippen MR) is 36.2 cm³/mol. The first-order valence-electron chi connectivity index (χ1n) is 3.67. The lowest BCUT2D eigenvalue weighted by molar-refractivity contribution is 0.0407. The second kappa shape index (κ2) is 3.28. The van der Waals surface area contributed by atoms with Crippen molar-refractivity contribution in [3.05, 3.63) is 0 Å². The van der Waals surface area contributed by atoms with Crippen LogP contribution in [0.3, 0.4) is 0 Å². The highest BCUT2D eigenvalue weighted by atomic mass is 19.3. The molecule has 1 rings (SSSR count). The molecule has 0 bridgehead atoms. The van der Waals surface area contributed by atoms with Crippen LogP contribution in [0.4, 0.5) is 8.78 Å². The Morgan fingerprint density at radius 3 is 2.20 bits per heavy atom. The lowest BCUT2D eigenvalue weighted by Crippen LogP contribution is -2.32. The summed E-state index contributed by atoms with van der Waals surface area (Å²) in [6, 6.07) is 0. The van der Waals surface area contributed by atoms with E-state index in [-0.39, 0.29) is 5.92 Å². The minimum Gasteiger partial charge on any atom is -0.306 e. The number of hydrogen-bond acceptors (Lipinski definition) is 1. The molecule has 1 aliphatic rings. The number of nitrogens with zero attached hydrogens (tertiary/aromatic N) is 1. The molecule has 0 saturated carbocycles. The highest BCUT2D eigenvalue weighted by Gasteiger charge is 2.24. The molecular formula is C7H13F2N. The molecule has 10 heavy (non-hydrogen) atoms. The van der Waals surface area contributed by atoms with E-state index in [0.29, 0.717) is 12.8 Å². The first kappa shape index (κ1) is 7.92. The largest absolute Gasteiger partial charge is 0.306 e. The molecular weight excluding hydrogens is 136 g/mol. The van der Waals surface area contributed by atoms with Gasteiger partial charge in [0, 0.05) is 5.92 Å². The van der Waals surface area contributed by atoms with Gasteiger partial charge >= 0.3 is 0 Å². The number of likely N-dealkylation sites (tertiary alicyclic amines) is 1. The lowest BCUT2D eigenvalue weighted by atomic mass is 9.98. The van der Waals surface area contributed by atoms with Crippen molar-refractivity contribution in [3.63, 3.8) is 0 Å². The molecule has 1 fully saturated rings. The zero-order valence-corrected chi connectivity index (χ0v) is 6.19. The van der Waals surface area contributed by atoms with Crippen molar-refractivity contribution in [2.24, 2.45) is 5.92 Å². The van der Waals surface area contributed by atoms with Crippen LogP contribution in [0.2, 0.25) is 0 Å². The fourth-order valence-electron chi connectivity index (χ4n) is 1.28. The molecule has 0 unspecified atom stereocenters. The van der Waals surface area contributed by atoms with Gasteiger partial charge in [-0.2, -0.15) is 0 Å².